The first-order chi connectivity index (χ1) is 7.13. The van der Waals surface area contributed by atoms with E-state index in [-0.39, 0.29) is 0 Å². The van der Waals surface area contributed by atoms with Crippen LogP contribution >= 0.6 is 0 Å². The van der Waals surface area contributed by atoms with Gasteiger partial charge in [-0.1, -0.05) is 0 Å². The van der Waals surface area contributed by atoms with Gasteiger partial charge in [0.2, 0.25) is 5.82 Å². The summed E-state index contributed by atoms with van der Waals surface area (Å²) in [6.45, 7) is 0. The van der Waals surface area contributed by atoms with Crippen molar-refractivity contribution in [2.24, 2.45) is 0 Å². The second kappa shape index (κ2) is 5.16. The first kappa shape index (κ1) is 14.0. The number of hydrogen-bond acceptors (Lipinski definition) is 5. The molecule has 1 rings (SSSR count). The first-order valence-electron chi connectivity index (χ1n) is 4.18. The molecule has 0 unspecified atom stereocenters. The van der Waals surface area contributed by atoms with E-state index in [0.29, 0.717) is 0 Å². The van der Waals surface area contributed by atoms with Crippen molar-refractivity contribution in [3.05, 3.63) is 26.6 Å². The van der Waals surface area contributed by atoms with E-state index >= 15 is 0 Å². The minimum Gasteiger partial charge on any atom is -0.459 e. The smallest absolute Gasteiger partial charge is 0.308 e. The third kappa shape index (κ3) is 5.65. The summed E-state index contributed by atoms with van der Waals surface area (Å²) in [5.41, 5.74) is 0. The Bertz CT molecular complexity index is 346. The van der Waals surface area contributed by atoms with Gasteiger partial charge in [-0.05, 0) is 4.92 Å². The molecule has 0 fully saturated rings. The van der Waals surface area contributed by atoms with Gasteiger partial charge in [0.15, 0.2) is 0 Å². The predicted octanol–water partition coefficient (Wildman–Crippen LogP) is 0.178. The summed E-state index contributed by atoms with van der Waals surface area (Å²) in [5, 5.41) is 20.0. The molecule has 0 aromatic carbocycles. The molecule has 9 nitrogen and oxygen atoms in total. The fraction of sp³-hybridized carbons (Fsp3) is 0.571. The molecular weight excluding hydrogens is 218 g/mol. The third-order valence-electron chi connectivity index (χ3n) is 0.906. The van der Waals surface area contributed by atoms with Crippen LogP contribution in [0.15, 0.2) is 6.33 Å². The van der Waals surface area contributed by atoms with Crippen LogP contribution in [0.4, 0.5) is 11.6 Å². The minimum atomic E-state index is -0.953. The quantitative estimate of drug-likeness (QED) is 0.407. The van der Waals surface area contributed by atoms with E-state index < -0.39 is 21.5 Å². The lowest BCUT2D eigenvalue weighted by molar-refractivity contribution is -0.849. The van der Waals surface area contributed by atoms with Crippen molar-refractivity contribution in [3.8, 4) is 0 Å². The number of rotatable bonds is 2. The van der Waals surface area contributed by atoms with Gasteiger partial charge in [-0.25, -0.2) is 4.98 Å². The number of quaternary nitrogens is 1. The van der Waals surface area contributed by atoms with E-state index in [1.165, 1.54) is 0 Å². The molecule has 9 heteroatoms. The van der Waals surface area contributed by atoms with Crippen LogP contribution in [0.2, 0.25) is 0 Å². The second-order valence-corrected chi connectivity index (χ2v) is 4.22. The molecule has 16 heavy (non-hydrogen) atoms. The Labute approximate surface area is 91.6 Å². The maximum Gasteiger partial charge on any atom is 0.308 e. The Morgan fingerprint density at radius 2 is 1.62 bits per heavy atom. The molecule has 0 aliphatic carbocycles. The van der Waals surface area contributed by atoms with Crippen LogP contribution in [-0.2, 0) is 0 Å². The molecule has 0 N–H and O–H groups in total. The van der Waals surface area contributed by atoms with Crippen LogP contribution in [0.3, 0.4) is 0 Å². The zero-order valence-electron chi connectivity index (χ0n) is 9.45. The number of aromatic nitrogens is 2. The molecule has 0 spiro atoms. The number of imidazole rings is 1. The highest BCUT2D eigenvalue weighted by Crippen LogP contribution is 2.18. The SMILES string of the molecule is C[N+](C)(C)C.O=[N+]([O-])c1nc[n-]c1[N+](=O)[O-]. The Hall–Kier alpha value is -2.03. The largest absolute Gasteiger partial charge is 0.459 e. The fourth-order valence-electron chi connectivity index (χ4n) is 0.511. The summed E-state index contributed by atoms with van der Waals surface area (Å²) in [6, 6.07) is 0. The van der Waals surface area contributed by atoms with Gasteiger partial charge in [0.1, 0.15) is 6.33 Å². The highest BCUT2D eigenvalue weighted by molar-refractivity contribution is 5.38. The van der Waals surface area contributed by atoms with Gasteiger partial charge in [-0.15, -0.1) is 0 Å². The van der Waals surface area contributed by atoms with Crippen LogP contribution in [0.1, 0.15) is 0 Å². The number of nitro groups is 2. The van der Waals surface area contributed by atoms with E-state index in [1.807, 2.05) is 0 Å². The molecule has 1 aromatic rings. The molecule has 0 atom stereocenters. The summed E-state index contributed by atoms with van der Waals surface area (Å²) >= 11 is 0. The minimum absolute atomic E-state index is 0.774. The highest BCUT2D eigenvalue weighted by Gasteiger charge is 2.12. The maximum atomic E-state index is 9.99. The maximum absolute atomic E-state index is 9.99. The zero-order valence-corrected chi connectivity index (χ0v) is 9.45. The lowest BCUT2D eigenvalue weighted by Gasteiger charge is -2.14. The van der Waals surface area contributed by atoms with Crippen molar-refractivity contribution < 1.29 is 14.3 Å². The summed E-state index contributed by atoms with van der Waals surface area (Å²) in [6.07, 6.45) is 0.774. The summed E-state index contributed by atoms with van der Waals surface area (Å²) in [5.74, 6) is -1.65. The molecule has 90 valence electrons. The standard InChI is InChI=1S/C4H12N.C3HN4O4/c1-5(2,3)4;8-6(9)2-3(7(10)11)5-1-4-2/h1-4H3;1H/q+1;-1. The van der Waals surface area contributed by atoms with Crippen molar-refractivity contribution in [2.45, 2.75) is 0 Å². The van der Waals surface area contributed by atoms with Crippen molar-refractivity contribution >= 4 is 11.6 Å². The van der Waals surface area contributed by atoms with E-state index in [9.17, 15) is 20.2 Å². The van der Waals surface area contributed by atoms with Crippen molar-refractivity contribution in [2.75, 3.05) is 28.2 Å². The Morgan fingerprint density at radius 1 is 1.19 bits per heavy atom. The van der Waals surface area contributed by atoms with Gasteiger partial charge in [0.25, 0.3) is 0 Å². The van der Waals surface area contributed by atoms with Crippen molar-refractivity contribution in [3.63, 3.8) is 0 Å². The lowest BCUT2D eigenvalue weighted by atomic mass is 10.7. The van der Waals surface area contributed by atoms with Gasteiger partial charge < -0.3 is 24.7 Å². The van der Waals surface area contributed by atoms with E-state index in [1.54, 1.807) is 0 Å². The summed E-state index contributed by atoms with van der Waals surface area (Å²) in [4.78, 5) is 24.2. The summed E-state index contributed by atoms with van der Waals surface area (Å²) < 4.78 is 1.00. The molecule has 0 amide bonds. The molecule has 0 saturated carbocycles. The van der Waals surface area contributed by atoms with E-state index in [0.717, 1.165) is 10.8 Å². The Morgan fingerprint density at radius 3 is 1.88 bits per heavy atom. The first-order valence-corrected chi connectivity index (χ1v) is 4.18. The highest BCUT2D eigenvalue weighted by atomic mass is 16.6. The van der Waals surface area contributed by atoms with Gasteiger partial charge in [0, 0.05) is 0 Å². The molecule has 0 aliphatic heterocycles. The van der Waals surface area contributed by atoms with Crippen molar-refractivity contribution in [1.82, 2.24) is 9.97 Å². The average molecular weight is 231 g/mol. The zero-order chi connectivity index (χ0) is 12.9. The Kier molecular flexibility index (Phi) is 4.51. The molecule has 1 heterocycles. The molecule has 0 radical (unpaired) electrons. The second-order valence-electron chi connectivity index (χ2n) is 4.22. The van der Waals surface area contributed by atoms with Crippen molar-refractivity contribution in [1.29, 1.82) is 0 Å². The number of hydrogen-bond donors (Lipinski definition) is 0. The normalized spacial score (nSPS) is 10.2. The van der Waals surface area contributed by atoms with Gasteiger partial charge in [-0.2, -0.15) is 9.91 Å². The van der Waals surface area contributed by atoms with Gasteiger partial charge in [0.05, 0.1) is 28.2 Å². The van der Waals surface area contributed by atoms with E-state index in [2.05, 4.69) is 38.2 Å². The van der Waals surface area contributed by atoms with Crippen LogP contribution in [-0.4, -0.2) is 47.5 Å². The Balaban J connectivity index is 0.000000385. The number of nitrogens with zero attached hydrogens (tertiary/aromatic N) is 5. The lowest BCUT2D eigenvalue weighted by Crippen LogP contribution is -2.27. The van der Waals surface area contributed by atoms with Crippen LogP contribution in [0, 0.1) is 20.2 Å². The summed E-state index contributed by atoms with van der Waals surface area (Å²) in [7, 11) is 8.50. The molecule has 0 saturated heterocycles. The molecular formula is C7H13N5O4. The van der Waals surface area contributed by atoms with Gasteiger partial charge >= 0.3 is 5.82 Å². The monoisotopic (exact) mass is 231 g/mol. The fourth-order valence-corrected chi connectivity index (χ4v) is 0.511. The van der Waals surface area contributed by atoms with Crippen LogP contribution in [0.5, 0.6) is 0 Å². The molecule has 1 aromatic heterocycles. The predicted molar refractivity (Wildman–Crippen MR) is 54.8 cm³/mol. The van der Waals surface area contributed by atoms with Gasteiger partial charge in [-0.3, -0.25) is 0 Å². The van der Waals surface area contributed by atoms with E-state index in [4.69, 9.17) is 0 Å². The van der Waals surface area contributed by atoms with Crippen LogP contribution < -0.4 is 4.98 Å². The van der Waals surface area contributed by atoms with Crippen LogP contribution in [0.25, 0.3) is 0 Å². The molecule has 0 bridgehead atoms. The molecule has 0 aliphatic rings. The topological polar surface area (TPSA) is 113 Å². The average Bonchev–Trinajstić information content (AvgIpc) is 2.47. The third-order valence-corrected chi connectivity index (χ3v) is 0.906.